The summed E-state index contributed by atoms with van der Waals surface area (Å²) < 4.78 is 0. The van der Waals surface area contributed by atoms with Gasteiger partial charge in [-0.15, -0.1) is 0 Å². The minimum absolute atomic E-state index is 0.668. The number of rotatable bonds is 1. The fourth-order valence-corrected chi connectivity index (χ4v) is 2.01. The standard InChI is InChI=1S/C12H14/c1-3-10-7-8-11-6-4-5-9(2)12(10)11/h4-8,10H,3H2,1-2H3. The summed E-state index contributed by atoms with van der Waals surface area (Å²) in [5.41, 5.74) is 4.39. The molecule has 1 atom stereocenters. The summed E-state index contributed by atoms with van der Waals surface area (Å²) in [6.45, 7) is 4.45. The summed E-state index contributed by atoms with van der Waals surface area (Å²) >= 11 is 0. The van der Waals surface area contributed by atoms with E-state index in [-0.39, 0.29) is 0 Å². The molecule has 0 heteroatoms. The minimum atomic E-state index is 0.668. The Morgan fingerprint density at radius 3 is 2.92 bits per heavy atom. The summed E-state index contributed by atoms with van der Waals surface area (Å²) in [4.78, 5) is 0. The van der Waals surface area contributed by atoms with Crippen LogP contribution in [0.4, 0.5) is 0 Å². The predicted molar refractivity (Wildman–Crippen MR) is 53.2 cm³/mol. The number of allylic oxidation sites excluding steroid dienone is 1. The lowest BCUT2D eigenvalue weighted by Gasteiger charge is -2.10. The molecule has 1 unspecified atom stereocenters. The van der Waals surface area contributed by atoms with Gasteiger partial charge in [-0.3, -0.25) is 0 Å². The van der Waals surface area contributed by atoms with E-state index in [4.69, 9.17) is 0 Å². The summed E-state index contributed by atoms with van der Waals surface area (Å²) in [6.07, 6.45) is 5.78. The molecule has 12 heavy (non-hydrogen) atoms. The van der Waals surface area contributed by atoms with Crippen molar-refractivity contribution in [2.75, 3.05) is 0 Å². The average Bonchev–Trinajstić information content (AvgIpc) is 2.49. The van der Waals surface area contributed by atoms with Crippen molar-refractivity contribution in [2.45, 2.75) is 26.2 Å². The van der Waals surface area contributed by atoms with Crippen molar-refractivity contribution >= 4 is 6.08 Å². The molecule has 0 amide bonds. The Labute approximate surface area is 73.9 Å². The van der Waals surface area contributed by atoms with Gasteiger partial charge in [-0.2, -0.15) is 0 Å². The van der Waals surface area contributed by atoms with E-state index in [9.17, 15) is 0 Å². The Bertz CT molecular complexity index is 321. The Kier molecular flexibility index (Phi) is 1.76. The Morgan fingerprint density at radius 1 is 1.33 bits per heavy atom. The quantitative estimate of drug-likeness (QED) is 0.586. The van der Waals surface area contributed by atoms with Crippen LogP contribution in [-0.4, -0.2) is 0 Å². The van der Waals surface area contributed by atoms with E-state index in [2.05, 4.69) is 44.2 Å². The lowest BCUT2D eigenvalue weighted by molar-refractivity contribution is 0.812. The molecule has 0 radical (unpaired) electrons. The number of aryl methyl sites for hydroxylation is 1. The maximum atomic E-state index is 2.32. The maximum absolute atomic E-state index is 2.32. The first kappa shape index (κ1) is 7.60. The van der Waals surface area contributed by atoms with E-state index >= 15 is 0 Å². The summed E-state index contributed by atoms with van der Waals surface area (Å²) in [5.74, 6) is 0.668. The molecular formula is C12H14. The summed E-state index contributed by atoms with van der Waals surface area (Å²) in [7, 11) is 0. The molecule has 0 bridgehead atoms. The molecule has 1 aliphatic rings. The fraction of sp³-hybridized carbons (Fsp3) is 0.333. The SMILES string of the molecule is CCC1C=Cc2cccc(C)c21. The topological polar surface area (TPSA) is 0 Å². The smallest absolute Gasteiger partial charge is 0.00272 e. The van der Waals surface area contributed by atoms with E-state index in [1.54, 1.807) is 5.56 Å². The summed E-state index contributed by atoms with van der Waals surface area (Å²) in [6, 6.07) is 6.54. The molecule has 0 heterocycles. The van der Waals surface area contributed by atoms with Gasteiger partial charge in [-0.1, -0.05) is 37.3 Å². The van der Waals surface area contributed by atoms with Crippen molar-refractivity contribution in [3.05, 3.63) is 41.0 Å². The van der Waals surface area contributed by atoms with Crippen LogP contribution in [0.1, 0.15) is 36.0 Å². The van der Waals surface area contributed by atoms with Crippen molar-refractivity contribution in [3.8, 4) is 0 Å². The van der Waals surface area contributed by atoms with Gasteiger partial charge in [0.15, 0.2) is 0 Å². The van der Waals surface area contributed by atoms with Gasteiger partial charge in [0.2, 0.25) is 0 Å². The molecule has 0 saturated heterocycles. The monoisotopic (exact) mass is 158 g/mol. The van der Waals surface area contributed by atoms with Crippen molar-refractivity contribution in [1.29, 1.82) is 0 Å². The molecule has 1 aliphatic carbocycles. The van der Waals surface area contributed by atoms with Crippen LogP contribution in [0.2, 0.25) is 0 Å². The van der Waals surface area contributed by atoms with Crippen molar-refractivity contribution in [2.24, 2.45) is 0 Å². The zero-order valence-corrected chi connectivity index (χ0v) is 7.67. The molecule has 0 aliphatic heterocycles. The van der Waals surface area contributed by atoms with E-state index in [1.165, 1.54) is 17.5 Å². The maximum Gasteiger partial charge on any atom is 0.00272 e. The first-order valence-electron chi connectivity index (χ1n) is 4.60. The highest BCUT2D eigenvalue weighted by atomic mass is 14.2. The highest BCUT2D eigenvalue weighted by Gasteiger charge is 2.16. The largest absolute Gasteiger partial charge is 0.0764 e. The number of hydrogen-bond donors (Lipinski definition) is 0. The molecular weight excluding hydrogens is 144 g/mol. The van der Waals surface area contributed by atoms with Gasteiger partial charge in [0.1, 0.15) is 0 Å². The Hall–Kier alpha value is -1.04. The second-order valence-corrected chi connectivity index (χ2v) is 3.45. The molecule has 0 fully saturated rings. The molecule has 62 valence electrons. The zero-order chi connectivity index (χ0) is 8.55. The van der Waals surface area contributed by atoms with Gasteiger partial charge in [-0.25, -0.2) is 0 Å². The molecule has 0 nitrogen and oxygen atoms in total. The summed E-state index contributed by atoms with van der Waals surface area (Å²) in [5, 5.41) is 0. The van der Waals surface area contributed by atoms with E-state index in [0.717, 1.165) is 0 Å². The van der Waals surface area contributed by atoms with Crippen LogP contribution >= 0.6 is 0 Å². The number of hydrogen-bond acceptors (Lipinski definition) is 0. The van der Waals surface area contributed by atoms with Crippen molar-refractivity contribution < 1.29 is 0 Å². The van der Waals surface area contributed by atoms with Crippen LogP contribution in [0, 0.1) is 6.92 Å². The van der Waals surface area contributed by atoms with E-state index in [0.29, 0.717) is 5.92 Å². The molecule has 0 saturated carbocycles. The van der Waals surface area contributed by atoms with Crippen molar-refractivity contribution in [1.82, 2.24) is 0 Å². The third-order valence-corrected chi connectivity index (χ3v) is 2.68. The first-order chi connectivity index (χ1) is 5.83. The second-order valence-electron chi connectivity index (χ2n) is 3.45. The zero-order valence-electron chi connectivity index (χ0n) is 7.67. The third kappa shape index (κ3) is 0.989. The van der Waals surface area contributed by atoms with Crippen LogP contribution in [0.3, 0.4) is 0 Å². The molecule has 2 rings (SSSR count). The second kappa shape index (κ2) is 2.78. The average molecular weight is 158 g/mol. The van der Waals surface area contributed by atoms with Gasteiger partial charge >= 0.3 is 0 Å². The van der Waals surface area contributed by atoms with Gasteiger partial charge in [0.05, 0.1) is 0 Å². The molecule has 1 aromatic rings. The third-order valence-electron chi connectivity index (χ3n) is 2.68. The lowest BCUT2D eigenvalue weighted by atomic mass is 9.94. The van der Waals surface area contributed by atoms with Gasteiger partial charge in [0.25, 0.3) is 0 Å². The van der Waals surface area contributed by atoms with E-state index in [1.807, 2.05) is 0 Å². The van der Waals surface area contributed by atoms with Gasteiger partial charge in [0, 0.05) is 5.92 Å². The molecule has 0 N–H and O–H groups in total. The van der Waals surface area contributed by atoms with Crippen LogP contribution in [0.5, 0.6) is 0 Å². The predicted octanol–water partition coefficient (Wildman–Crippen LogP) is 3.52. The first-order valence-corrected chi connectivity index (χ1v) is 4.60. The fourth-order valence-electron chi connectivity index (χ4n) is 2.01. The van der Waals surface area contributed by atoms with Crippen LogP contribution in [0.15, 0.2) is 24.3 Å². The molecule has 1 aromatic carbocycles. The molecule has 0 aromatic heterocycles. The van der Waals surface area contributed by atoms with Gasteiger partial charge in [-0.05, 0) is 30.0 Å². The highest BCUT2D eigenvalue weighted by molar-refractivity contribution is 5.64. The normalized spacial score (nSPS) is 19.7. The Balaban J connectivity index is 2.54. The van der Waals surface area contributed by atoms with Crippen molar-refractivity contribution in [3.63, 3.8) is 0 Å². The number of benzene rings is 1. The van der Waals surface area contributed by atoms with Crippen LogP contribution < -0.4 is 0 Å². The lowest BCUT2D eigenvalue weighted by Crippen LogP contribution is -1.94. The minimum Gasteiger partial charge on any atom is -0.0764 e. The highest BCUT2D eigenvalue weighted by Crippen LogP contribution is 2.34. The number of fused-ring (bicyclic) bond motifs is 1. The Morgan fingerprint density at radius 2 is 2.17 bits per heavy atom. The van der Waals surface area contributed by atoms with Gasteiger partial charge < -0.3 is 0 Å². The van der Waals surface area contributed by atoms with E-state index < -0.39 is 0 Å². The molecule has 0 spiro atoms. The van der Waals surface area contributed by atoms with Crippen LogP contribution in [-0.2, 0) is 0 Å². The van der Waals surface area contributed by atoms with Crippen LogP contribution in [0.25, 0.3) is 6.08 Å².